The fraction of sp³-hybridized carbons (Fsp3) is 0.750. The molecule has 1 N–H and O–H groups in total. The number of aliphatic hydroxyl groups is 1. The van der Waals surface area contributed by atoms with Gasteiger partial charge in [0.2, 0.25) is 0 Å². The quantitative estimate of drug-likeness (QED) is 0.859. The zero-order valence-electron chi connectivity index (χ0n) is 10.5. The van der Waals surface area contributed by atoms with Gasteiger partial charge in [-0.05, 0) is 20.5 Å². The number of likely N-dealkylation sites (N-methyl/N-ethyl adjacent to an activating group) is 2. The van der Waals surface area contributed by atoms with E-state index < -0.39 is 0 Å². The molecule has 1 fully saturated rings. The van der Waals surface area contributed by atoms with Gasteiger partial charge in [0.15, 0.2) is 0 Å². The van der Waals surface area contributed by atoms with Crippen molar-refractivity contribution >= 4 is 11.3 Å². The molecule has 5 heteroatoms. The Morgan fingerprint density at radius 1 is 1.53 bits per heavy atom. The van der Waals surface area contributed by atoms with E-state index in [0.717, 1.165) is 31.1 Å². The third kappa shape index (κ3) is 3.74. The van der Waals surface area contributed by atoms with Crippen LogP contribution >= 0.6 is 11.3 Å². The van der Waals surface area contributed by atoms with E-state index in [1.165, 1.54) is 0 Å². The summed E-state index contributed by atoms with van der Waals surface area (Å²) in [5, 5.41) is 13.1. The fourth-order valence-corrected chi connectivity index (χ4v) is 3.00. The van der Waals surface area contributed by atoms with Gasteiger partial charge in [0.05, 0.1) is 11.1 Å². The molecule has 2 heterocycles. The minimum atomic E-state index is -0.278. The Balaban J connectivity index is 1.82. The maximum atomic E-state index is 10.1. The van der Waals surface area contributed by atoms with Crippen molar-refractivity contribution in [1.82, 2.24) is 14.8 Å². The van der Waals surface area contributed by atoms with Gasteiger partial charge in [0, 0.05) is 43.7 Å². The van der Waals surface area contributed by atoms with E-state index >= 15 is 0 Å². The number of piperazine rings is 1. The number of rotatable bonds is 4. The summed E-state index contributed by atoms with van der Waals surface area (Å²) in [5.74, 6) is 0. The Kier molecular flexibility index (Phi) is 4.50. The molecule has 0 bridgehead atoms. The smallest absolute Gasteiger partial charge is 0.0950 e. The number of hydrogen-bond donors (Lipinski definition) is 1. The molecule has 0 aliphatic carbocycles. The van der Waals surface area contributed by atoms with Crippen LogP contribution in [0.1, 0.15) is 11.4 Å². The summed E-state index contributed by atoms with van der Waals surface area (Å²) in [6.07, 6.45) is 3.04. The predicted molar refractivity (Wildman–Crippen MR) is 70.4 cm³/mol. The van der Waals surface area contributed by atoms with Crippen LogP contribution < -0.4 is 0 Å². The lowest BCUT2D eigenvalue weighted by Crippen LogP contribution is -2.51. The van der Waals surface area contributed by atoms with Gasteiger partial charge in [-0.1, -0.05) is 0 Å². The van der Waals surface area contributed by atoms with Crippen LogP contribution in [0.3, 0.4) is 0 Å². The highest BCUT2D eigenvalue weighted by molar-refractivity contribution is 7.09. The molecule has 1 aliphatic heterocycles. The van der Waals surface area contributed by atoms with Crippen molar-refractivity contribution in [3.8, 4) is 0 Å². The van der Waals surface area contributed by atoms with Crippen molar-refractivity contribution in [2.75, 3.05) is 33.7 Å². The Labute approximate surface area is 107 Å². The topological polar surface area (TPSA) is 39.6 Å². The van der Waals surface area contributed by atoms with Crippen LogP contribution in [0.25, 0.3) is 0 Å². The third-order valence-electron chi connectivity index (χ3n) is 3.42. The first kappa shape index (κ1) is 13.0. The van der Waals surface area contributed by atoms with Crippen LogP contribution in [-0.2, 0) is 6.42 Å². The molecule has 17 heavy (non-hydrogen) atoms. The summed E-state index contributed by atoms with van der Waals surface area (Å²) in [7, 11) is 4.29. The summed E-state index contributed by atoms with van der Waals surface area (Å²) in [6.45, 7) is 3.26. The lowest BCUT2D eigenvalue weighted by atomic mass is 10.0. The van der Waals surface area contributed by atoms with E-state index in [1.807, 2.05) is 5.38 Å². The van der Waals surface area contributed by atoms with E-state index in [9.17, 15) is 5.11 Å². The van der Waals surface area contributed by atoms with E-state index in [2.05, 4.69) is 28.9 Å². The minimum Gasteiger partial charge on any atom is -0.393 e. The van der Waals surface area contributed by atoms with Gasteiger partial charge in [-0.3, -0.25) is 0 Å². The van der Waals surface area contributed by atoms with Crippen molar-refractivity contribution in [3.05, 3.63) is 16.6 Å². The van der Waals surface area contributed by atoms with E-state index in [-0.39, 0.29) is 6.10 Å². The first-order valence-corrected chi connectivity index (χ1v) is 6.98. The van der Waals surface area contributed by atoms with Crippen LogP contribution in [0.4, 0.5) is 0 Å². The number of aromatic nitrogens is 1. The standard InChI is InChI=1S/C12H21N3OS/c1-14-4-5-15(2)10(9-14)7-11(16)8-12-13-3-6-17-12/h3,6,10-11,16H,4-5,7-9H2,1-2H3. The highest BCUT2D eigenvalue weighted by Gasteiger charge is 2.24. The van der Waals surface area contributed by atoms with E-state index in [4.69, 9.17) is 0 Å². The van der Waals surface area contributed by atoms with Crippen molar-refractivity contribution in [2.45, 2.75) is 25.0 Å². The zero-order valence-corrected chi connectivity index (χ0v) is 11.4. The summed E-state index contributed by atoms with van der Waals surface area (Å²) in [4.78, 5) is 8.90. The van der Waals surface area contributed by atoms with Gasteiger partial charge in [-0.15, -0.1) is 11.3 Å². The predicted octanol–water partition coefficient (Wildman–Crippen LogP) is 0.682. The molecular formula is C12H21N3OS. The Morgan fingerprint density at radius 3 is 3.06 bits per heavy atom. The molecule has 0 aromatic carbocycles. The van der Waals surface area contributed by atoms with Crippen molar-refractivity contribution in [1.29, 1.82) is 0 Å². The summed E-state index contributed by atoms with van der Waals surface area (Å²) in [5.41, 5.74) is 0. The number of thiazole rings is 1. The van der Waals surface area contributed by atoms with Crippen LogP contribution in [0, 0.1) is 0 Å². The van der Waals surface area contributed by atoms with Gasteiger partial charge in [-0.25, -0.2) is 4.98 Å². The number of aliphatic hydroxyl groups excluding tert-OH is 1. The molecule has 1 aromatic heterocycles. The second-order valence-corrected chi connectivity index (χ2v) is 5.90. The largest absolute Gasteiger partial charge is 0.393 e. The molecule has 4 nitrogen and oxygen atoms in total. The maximum absolute atomic E-state index is 10.1. The van der Waals surface area contributed by atoms with Crippen molar-refractivity contribution < 1.29 is 5.11 Å². The lowest BCUT2D eigenvalue weighted by Gasteiger charge is -2.38. The molecule has 1 aromatic rings. The summed E-state index contributed by atoms with van der Waals surface area (Å²) >= 11 is 1.62. The lowest BCUT2D eigenvalue weighted by molar-refractivity contribution is 0.0639. The molecule has 0 saturated carbocycles. The molecule has 96 valence electrons. The Morgan fingerprint density at radius 2 is 2.35 bits per heavy atom. The first-order valence-electron chi connectivity index (χ1n) is 6.10. The molecule has 2 atom stereocenters. The molecule has 0 amide bonds. The zero-order chi connectivity index (χ0) is 12.3. The maximum Gasteiger partial charge on any atom is 0.0950 e. The van der Waals surface area contributed by atoms with Gasteiger partial charge in [-0.2, -0.15) is 0 Å². The molecule has 2 unspecified atom stereocenters. The molecule has 2 rings (SSSR count). The Bertz CT molecular complexity index is 331. The van der Waals surface area contributed by atoms with Crippen LogP contribution in [-0.4, -0.2) is 65.8 Å². The average Bonchev–Trinajstić information content (AvgIpc) is 2.76. The van der Waals surface area contributed by atoms with E-state index in [1.54, 1.807) is 17.5 Å². The number of hydrogen-bond acceptors (Lipinski definition) is 5. The second-order valence-electron chi connectivity index (χ2n) is 4.92. The normalized spacial score (nSPS) is 25.0. The van der Waals surface area contributed by atoms with E-state index in [0.29, 0.717) is 12.5 Å². The van der Waals surface area contributed by atoms with Crippen LogP contribution in [0.2, 0.25) is 0 Å². The van der Waals surface area contributed by atoms with Gasteiger partial charge in [0.1, 0.15) is 0 Å². The van der Waals surface area contributed by atoms with Crippen molar-refractivity contribution in [2.24, 2.45) is 0 Å². The fourth-order valence-electron chi connectivity index (χ4n) is 2.31. The number of nitrogens with zero attached hydrogens (tertiary/aromatic N) is 3. The van der Waals surface area contributed by atoms with Gasteiger partial charge < -0.3 is 14.9 Å². The minimum absolute atomic E-state index is 0.278. The monoisotopic (exact) mass is 255 g/mol. The Hall–Kier alpha value is -0.490. The highest BCUT2D eigenvalue weighted by atomic mass is 32.1. The van der Waals surface area contributed by atoms with Gasteiger partial charge >= 0.3 is 0 Å². The molecular weight excluding hydrogens is 234 g/mol. The second kappa shape index (κ2) is 5.91. The molecule has 1 saturated heterocycles. The molecule has 1 aliphatic rings. The van der Waals surface area contributed by atoms with Crippen LogP contribution in [0.15, 0.2) is 11.6 Å². The average molecular weight is 255 g/mol. The van der Waals surface area contributed by atoms with Gasteiger partial charge in [0.25, 0.3) is 0 Å². The summed E-state index contributed by atoms with van der Waals surface area (Å²) < 4.78 is 0. The molecule has 0 spiro atoms. The highest BCUT2D eigenvalue weighted by Crippen LogP contribution is 2.15. The SMILES string of the molecule is CN1CCN(C)C(CC(O)Cc2nccs2)C1. The summed E-state index contributed by atoms with van der Waals surface area (Å²) in [6, 6.07) is 0.462. The molecule has 0 radical (unpaired) electrons. The third-order valence-corrected chi connectivity index (χ3v) is 4.22. The first-order chi connectivity index (χ1) is 8.15. The van der Waals surface area contributed by atoms with Crippen LogP contribution in [0.5, 0.6) is 0 Å². The van der Waals surface area contributed by atoms with Crippen molar-refractivity contribution in [3.63, 3.8) is 0 Å².